The normalized spacial score (nSPS) is 18.4. The molecule has 2 aromatic rings. The zero-order chi connectivity index (χ0) is 18.6. The van der Waals surface area contributed by atoms with Crippen LogP contribution >= 0.6 is 11.8 Å². The van der Waals surface area contributed by atoms with E-state index < -0.39 is 9.84 Å². The van der Waals surface area contributed by atoms with Crippen molar-refractivity contribution in [2.75, 3.05) is 23.4 Å². The smallest absolute Gasteiger partial charge is 0.256 e. The number of amides is 1. The third kappa shape index (κ3) is 4.80. The second kappa shape index (κ2) is 8.14. The van der Waals surface area contributed by atoms with Crippen LogP contribution in [0.1, 0.15) is 23.7 Å². The lowest BCUT2D eigenvalue weighted by atomic mass is 10.2. The Bertz CT molecular complexity index is 879. The van der Waals surface area contributed by atoms with Gasteiger partial charge in [-0.25, -0.2) is 8.42 Å². The van der Waals surface area contributed by atoms with Crippen molar-refractivity contribution >= 4 is 33.2 Å². The Morgan fingerprint density at radius 3 is 2.58 bits per heavy atom. The van der Waals surface area contributed by atoms with Gasteiger partial charge in [0.2, 0.25) is 0 Å². The standard InChI is InChI=1S/C19H21NO4S2/c1-2-24-15-9-7-14(8-10-15)20-19(21)17-5-3-4-6-18(17)25-16-11-12-26(22,23)13-16/h3-10,16H,2,11-13H2,1H3,(H,20,21)/t16-/m0/s1. The van der Waals surface area contributed by atoms with E-state index in [1.807, 2.05) is 37.3 Å². The maximum atomic E-state index is 12.7. The van der Waals surface area contributed by atoms with Gasteiger partial charge in [0.1, 0.15) is 5.75 Å². The van der Waals surface area contributed by atoms with E-state index in [-0.39, 0.29) is 22.7 Å². The molecule has 3 rings (SSSR count). The maximum absolute atomic E-state index is 12.7. The van der Waals surface area contributed by atoms with Crippen LogP contribution in [0.5, 0.6) is 5.75 Å². The molecule has 1 amide bonds. The van der Waals surface area contributed by atoms with Gasteiger partial charge in [-0.2, -0.15) is 0 Å². The summed E-state index contributed by atoms with van der Waals surface area (Å²) in [4.78, 5) is 13.5. The lowest BCUT2D eigenvalue weighted by Crippen LogP contribution is -2.14. The summed E-state index contributed by atoms with van der Waals surface area (Å²) < 4.78 is 28.7. The van der Waals surface area contributed by atoms with Crippen LogP contribution < -0.4 is 10.1 Å². The molecule has 1 aliphatic heterocycles. The van der Waals surface area contributed by atoms with Gasteiger partial charge in [-0.15, -0.1) is 11.8 Å². The number of hydrogen-bond acceptors (Lipinski definition) is 5. The molecule has 1 N–H and O–H groups in total. The molecule has 0 aromatic heterocycles. The molecule has 138 valence electrons. The third-order valence-corrected chi connectivity index (χ3v) is 7.36. The number of carbonyl (C=O) groups is 1. The molecule has 1 heterocycles. The first-order chi connectivity index (χ1) is 12.5. The van der Waals surface area contributed by atoms with Crippen molar-refractivity contribution in [2.24, 2.45) is 0 Å². The van der Waals surface area contributed by atoms with E-state index in [1.165, 1.54) is 11.8 Å². The van der Waals surface area contributed by atoms with E-state index in [4.69, 9.17) is 4.74 Å². The van der Waals surface area contributed by atoms with Crippen LogP contribution in [0.15, 0.2) is 53.4 Å². The van der Waals surface area contributed by atoms with Gasteiger partial charge in [-0.05, 0) is 49.7 Å². The molecule has 0 unspecified atom stereocenters. The molecule has 1 aliphatic rings. The van der Waals surface area contributed by atoms with Gasteiger partial charge < -0.3 is 10.1 Å². The molecule has 1 fully saturated rings. The van der Waals surface area contributed by atoms with Gasteiger partial charge in [0.15, 0.2) is 9.84 Å². The van der Waals surface area contributed by atoms with Crippen molar-refractivity contribution in [3.05, 3.63) is 54.1 Å². The monoisotopic (exact) mass is 391 g/mol. The number of nitrogens with one attached hydrogen (secondary N) is 1. The fourth-order valence-electron chi connectivity index (χ4n) is 2.79. The van der Waals surface area contributed by atoms with E-state index in [9.17, 15) is 13.2 Å². The molecule has 7 heteroatoms. The molecule has 0 bridgehead atoms. The third-order valence-electron chi connectivity index (χ3n) is 4.04. The summed E-state index contributed by atoms with van der Waals surface area (Å²) in [6, 6.07) is 14.5. The Morgan fingerprint density at radius 1 is 1.19 bits per heavy atom. The van der Waals surface area contributed by atoms with Gasteiger partial charge in [0, 0.05) is 15.8 Å². The molecule has 26 heavy (non-hydrogen) atoms. The Labute approximate surface area is 158 Å². The average molecular weight is 392 g/mol. The first-order valence-corrected chi connectivity index (χ1v) is 11.2. The molecule has 0 saturated carbocycles. The first kappa shape index (κ1) is 18.8. The fourth-order valence-corrected chi connectivity index (χ4v) is 6.42. The molecular weight excluding hydrogens is 370 g/mol. The highest BCUT2D eigenvalue weighted by Crippen LogP contribution is 2.33. The number of benzene rings is 2. The minimum Gasteiger partial charge on any atom is -0.494 e. The zero-order valence-corrected chi connectivity index (χ0v) is 16.1. The maximum Gasteiger partial charge on any atom is 0.256 e. The number of rotatable bonds is 6. The Hall–Kier alpha value is -1.99. The summed E-state index contributed by atoms with van der Waals surface area (Å²) >= 11 is 1.47. The molecule has 2 aromatic carbocycles. The Kier molecular flexibility index (Phi) is 5.88. The second-order valence-electron chi connectivity index (χ2n) is 6.05. The number of hydrogen-bond donors (Lipinski definition) is 1. The van der Waals surface area contributed by atoms with Crippen LogP contribution in [0.3, 0.4) is 0 Å². The van der Waals surface area contributed by atoms with Crippen molar-refractivity contribution in [1.29, 1.82) is 0 Å². The lowest BCUT2D eigenvalue weighted by molar-refractivity contribution is 0.102. The van der Waals surface area contributed by atoms with Crippen molar-refractivity contribution < 1.29 is 17.9 Å². The summed E-state index contributed by atoms with van der Waals surface area (Å²) in [5.41, 5.74) is 1.23. The topological polar surface area (TPSA) is 72.5 Å². The van der Waals surface area contributed by atoms with Crippen molar-refractivity contribution in [1.82, 2.24) is 0 Å². The van der Waals surface area contributed by atoms with Gasteiger partial charge >= 0.3 is 0 Å². The number of ether oxygens (including phenoxy) is 1. The number of carbonyl (C=O) groups excluding carboxylic acids is 1. The SMILES string of the molecule is CCOc1ccc(NC(=O)c2ccccc2S[C@H]2CCS(=O)(=O)C2)cc1. The summed E-state index contributed by atoms with van der Waals surface area (Å²) in [6.45, 7) is 2.51. The summed E-state index contributed by atoms with van der Waals surface area (Å²) in [5.74, 6) is 0.944. The van der Waals surface area contributed by atoms with Gasteiger partial charge in [-0.3, -0.25) is 4.79 Å². The first-order valence-electron chi connectivity index (χ1n) is 8.47. The van der Waals surface area contributed by atoms with Crippen LogP contribution in [0.2, 0.25) is 0 Å². The highest BCUT2D eigenvalue weighted by atomic mass is 32.2. The predicted octanol–water partition coefficient (Wildman–Crippen LogP) is 3.62. The number of sulfone groups is 1. The molecular formula is C19H21NO4S2. The van der Waals surface area contributed by atoms with Crippen LogP contribution in [-0.2, 0) is 9.84 Å². The molecule has 5 nitrogen and oxygen atoms in total. The lowest BCUT2D eigenvalue weighted by Gasteiger charge is -2.13. The molecule has 0 aliphatic carbocycles. The van der Waals surface area contributed by atoms with Gasteiger partial charge in [0.25, 0.3) is 5.91 Å². The van der Waals surface area contributed by atoms with Crippen LogP contribution in [0.25, 0.3) is 0 Å². The van der Waals surface area contributed by atoms with E-state index in [0.29, 0.717) is 24.3 Å². The summed E-state index contributed by atoms with van der Waals surface area (Å²) in [5, 5.41) is 2.88. The fraction of sp³-hybridized carbons (Fsp3) is 0.316. The largest absolute Gasteiger partial charge is 0.494 e. The van der Waals surface area contributed by atoms with Crippen LogP contribution in [0.4, 0.5) is 5.69 Å². The molecule has 0 radical (unpaired) electrons. The minimum absolute atomic E-state index is 0.000531. The van der Waals surface area contributed by atoms with Crippen molar-refractivity contribution in [3.63, 3.8) is 0 Å². The number of anilines is 1. The second-order valence-corrected chi connectivity index (χ2v) is 9.62. The summed E-state index contributed by atoms with van der Waals surface area (Å²) in [6.07, 6.45) is 0.627. The quantitative estimate of drug-likeness (QED) is 0.814. The van der Waals surface area contributed by atoms with Gasteiger partial charge in [-0.1, -0.05) is 12.1 Å². The van der Waals surface area contributed by atoms with Crippen molar-refractivity contribution in [2.45, 2.75) is 23.5 Å². The zero-order valence-electron chi connectivity index (χ0n) is 14.5. The highest BCUT2D eigenvalue weighted by Gasteiger charge is 2.29. The Morgan fingerprint density at radius 2 is 1.92 bits per heavy atom. The van der Waals surface area contributed by atoms with E-state index in [2.05, 4.69) is 5.32 Å². The van der Waals surface area contributed by atoms with E-state index >= 15 is 0 Å². The average Bonchev–Trinajstić information content (AvgIpc) is 2.96. The molecule has 1 saturated heterocycles. The summed E-state index contributed by atoms with van der Waals surface area (Å²) in [7, 11) is -2.94. The predicted molar refractivity (Wildman–Crippen MR) is 105 cm³/mol. The van der Waals surface area contributed by atoms with E-state index in [1.54, 1.807) is 18.2 Å². The van der Waals surface area contributed by atoms with Crippen LogP contribution in [0, 0.1) is 0 Å². The molecule has 0 spiro atoms. The minimum atomic E-state index is -2.94. The molecule has 1 atom stereocenters. The number of thioether (sulfide) groups is 1. The van der Waals surface area contributed by atoms with Crippen LogP contribution in [-0.4, -0.2) is 37.7 Å². The van der Waals surface area contributed by atoms with Gasteiger partial charge in [0.05, 0.1) is 23.7 Å². The van der Waals surface area contributed by atoms with Crippen molar-refractivity contribution in [3.8, 4) is 5.75 Å². The highest BCUT2D eigenvalue weighted by molar-refractivity contribution is 8.02. The van der Waals surface area contributed by atoms with E-state index in [0.717, 1.165) is 10.6 Å². The Balaban J connectivity index is 1.71.